The van der Waals surface area contributed by atoms with E-state index in [9.17, 15) is 4.79 Å². The van der Waals surface area contributed by atoms with Gasteiger partial charge in [0.15, 0.2) is 5.13 Å². The number of anilines is 1. The minimum absolute atomic E-state index is 0.143. The maximum atomic E-state index is 11.7. The first-order chi connectivity index (χ1) is 8.08. The number of rotatable bonds is 6. The summed E-state index contributed by atoms with van der Waals surface area (Å²) < 4.78 is 0. The Kier molecular flexibility index (Phi) is 5.94. The Morgan fingerprint density at radius 1 is 1.65 bits per heavy atom. The van der Waals surface area contributed by atoms with Gasteiger partial charge in [-0.15, -0.1) is 11.3 Å². The lowest BCUT2D eigenvalue weighted by Crippen LogP contribution is -2.36. The molecule has 1 amide bonds. The standard InChI is InChI=1S/C11H19N3OS2/c1-4-9-7(2)17-11(13-9)14-10(15)8(12)5-6-16-3/h8H,4-6,12H2,1-3H3,(H,13,14,15)/t8-/m1/s1. The van der Waals surface area contributed by atoms with Crippen molar-refractivity contribution in [3.63, 3.8) is 0 Å². The molecule has 0 unspecified atom stereocenters. The maximum Gasteiger partial charge on any atom is 0.243 e. The molecular weight excluding hydrogens is 254 g/mol. The van der Waals surface area contributed by atoms with E-state index in [1.54, 1.807) is 11.8 Å². The van der Waals surface area contributed by atoms with Crippen LogP contribution in [0.4, 0.5) is 5.13 Å². The average Bonchev–Trinajstić information content (AvgIpc) is 2.66. The molecule has 3 N–H and O–H groups in total. The summed E-state index contributed by atoms with van der Waals surface area (Å²) in [6.07, 6.45) is 3.58. The summed E-state index contributed by atoms with van der Waals surface area (Å²) in [7, 11) is 0. The number of amides is 1. The number of hydrogen-bond acceptors (Lipinski definition) is 5. The second kappa shape index (κ2) is 6.98. The molecule has 1 aromatic rings. The molecule has 1 atom stereocenters. The summed E-state index contributed by atoms with van der Waals surface area (Å²) in [5, 5.41) is 3.44. The molecule has 0 fully saturated rings. The van der Waals surface area contributed by atoms with E-state index in [1.807, 2.05) is 13.2 Å². The normalized spacial score (nSPS) is 12.5. The Morgan fingerprint density at radius 2 is 2.35 bits per heavy atom. The number of nitrogens with two attached hydrogens (primary N) is 1. The van der Waals surface area contributed by atoms with Crippen LogP contribution in [0.15, 0.2) is 0 Å². The zero-order valence-corrected chi connectivity index (χ0v) is 12.1. The number of aryl methyl sites for hydroxylation is 2. The first kappa shape index (κ1) is 14.5. The number of thioether (sulfide) groups is 1. The fraction of sp³-hybridized carbons (Fsp3) is 0.636. The number of carbonyl (C=O) groups is 1. The van der Waals surface area contributed by atoms with E-state index in [2.05, 4.69) is 17.2 Å². The second-order valence-electron chi connectivity index (χ2n) is 3.75. The molecule has 0 radical (unpaired) electrons. The highest BCUT2D eigenvalue weighted by Gasteiger charge is 2.15. The SMILES string of the molecule is CCc1nc(NC(=O)[C@H](N)CCSC)sc1C. The molecule has 0 aliphatic heterocycles. The molecule has 0 spiro atoms. The molecule has 0 bridgehead atoms. The Hall–Kier alpha value is -0.590. The van der Waals surface area contributed by atoms with Crippen molar-refractivity contribution in [2.75, 3.05) is 17.3 Å². The largest absolute Gasteiger partial charge is 0.320 e. The first-order valence-corrected chi connectivity index (χ1v) is 7.81. The Bertz CT molecular complexity index is 379. The lowest BCUT2D eigenvalue weighted by atomic mass is 10.2. The van der Waals surface area contributed by atoms with Crippen molar-refractivity contribution in [3.8, 4) is 0 Å². The summed E-state index contributed by atoms with van der Waals surface area (Å²) in [4.78, 5) is 17.3. The molecule has 0 aliphatic rings. The highest BCUT2D eigenvalue weighted by Crippen LogP contribution is 2.22. The molecule has 6 heteroatoms. The van der Waals surface area contributed by atoms with Gasteiger partial charge in [-0.3, -0.25) is 4.79 Å². The second-order valence-corrected chi connectivity index (χ2v) is 5.94. The molecular formula is C11H19N3OS2. The maximum absolute atomic E-state index is 11.7. The van der Waals surface area contributed by atoms with Crippen LogP contribution in [-0.4, -0.2) is 28.9 Å². The van der Waals surface area contributed by atoms with Gasteiger partial charge in [-0.1, -0.05) is 6.92 Å². The predicted molar refractivity (Wildman–Crippen MR) is 75.8 cm³/mol. The average molecular weight is 273 g/mol. The fourth-order valence-electron chi connectivity index (χ4n) is 1.38. The molecule has 4 nitrogen and oxygen atoms in total. The minimum atomic E-state index is -0.447. The lowest BCUT2D eigenvalue weighted by Gasteiger charge is -2.09. The topological polar surface area (TPSA) is 68.0 Å². The van der Waals surface area contributed by atoms with Crippen molar-refractivity contribution in [1.29, 1.82) is 0 Å². The number of thiazole rings is 1. The molecule has 1 heterocycles. The summed E-state index contributed by atoms with van der Waals surface area (Å²) in [5.74, 6) is 0.751. The lowest BCUT2D eigenvalue weighted by molar-refractivity contribution is -0.117. The first-order valence-electron chi connectivity index (χ1n) is 5.60. The zero-order valence-electron chi connectivity index (χ0n) is 10.4. The van der Waals surface area contributed by atoms with Crippen molar-refractivity contribution in [1.82, 2.24) is 4.98 Å². The van der Waals surface area contributed by atoms with Crippen LogP contribution < -0.4 is 11.1 Å². The summed E-state index contributed by atoms with van der Waals surface area (Å²) >= 11 is 3.20. The highest BCUT2D eigenvalue weighted by atomic mass is 32.2. The van der Waals surface area contributed by atoms with Crippen LogP contribution in [0.1, 0.15) is 23.9 Å². The smallest absolute Gasteiger partial charge is 0.243 e. The van der Waals surface area contributed by atoms with Crippen LogP contribution in [0.3, 0.4) is 0 Å². The van der Waals surface area contributed by atoms with Gasteiger partial charge in [-0.25, -0.2) is 4.98 Å². The van der Waals surface area contributed by atoms with Gasteiger partial charge in [0.2, 0.25) is 5.91 Å². The quantitative estimate of drug-likeness (QED) is 0.832. The van der Waals surface area contributed by atoms with Gasteiger partial charge in [-0.2, -0.15) is 11.8 Å². The van der Waals surface area contributed by atoms with E-state index < -0.39 is 6.04 Å². The van der Waals surface area contributed by atoms with Crippen LogP contribution in [0, 0.1) is 6.92 Å². The zero-order chi connectivity index (χ0) is 12.8. The highest BCUT2D eigenvalue weighted by molar-refractivity contribution is 7.98. The van der Waals surface area contributed by atoms with Gasteiger partial charge < -0.3 is 11.1 Å². The number of nitrogens with zero attached hydrogens (tertiary/aromatic N) is 1. The van der Waals surface area contributed by atoms with Gasteiger partial charge in [0.1, 0.15) is 0 Å². The third-order valence-corrected chi connectivity index (χ3v) is 4.00. The minimum Gasteiger partial charge on any atom is -0.320 e. The van der Waals surface area contributed by atoms with E-state index >= 15 is 0 Å². The Labute approximate surface area is 110 Å². The van der Waals surface area contributed by atoms with Crippen molar-refractivity contribution in [2.45, 2.75) is 32.7 Å². The molecule has 96 valence electrons. The van der Waals surface area contributed by atoms with E-state index in [1.165, 1.54) is 11.3 Å². The number of aromatic nitrogens is 1. The molecule has 0 aliphatic carbocycles. The third kappa shape index (κ3) is 4.29. The fourth-order valence-corrected chi connectivity index (χ4v) is 2.78. The summed E-state index contributed by atoms with van der Waals surface area (Å²) in [6.45, 7) is 4.07. The van der Waals surface area contributed by atoms with Crippen LogP contribution in [0.25, 0.3) is 0 Å². The van der Waals surface area contributed by atoms with Crippen LogP contribution in [0.5, 0.6) is 0 Å². The summed E-state index contributed by atoms with van der Waals surface area (Å²) in [6, 6.07) is -0.447. The van der Waals surface area contributed by atoms with Crippen molar-refractivity contribution in [2.24, 2.45) is 5.73 Å². The number of hydrogen-bond donors (Lipinski definition) is 2. The van der Waals surface area contributed by atoms with Crippen molar-refractivity contribution in [3.05, 3.63) is 10.6 Å². The summed E-state index contributed by atoms with van der Waals surface area (Å²) in [5.41, 5.74) is 6.82. The van der Waals surface area contributed by atoms with Gasteiger partial charge in [0.25, 0.3) is 0 Å². The van der Waals surface area contributed by atoms with Gasteiger partial charge in [0.05, 0.1) is 11.7 Å². The molecule has 17 heavy (non-hydrogen) atoms. The molecule has 0 saturated heterocycles. The predicted octanol–water partition coefficient (Wildman–Crippen LogP) is 2.03. The van der Waals surface area contributed by atoms with E-state index in [0.29, 0.717) is 11.6 Å². The van der Waals surface area contributed by atoms with Crippen molar-refractivity contribution >= 4 is 34.1 Å². The Morgan fingerprint density at radius 3 is 2.88 bits per heavy atom. The third-order valence-electron chi connectivity index (χ3n) is 2.43. The van der Waals surface area contributed by atoms with Gasteiger partial charge >= 0.3 is 0 Å². The van der Waals surface area contributed by atoms with Crippen LogP contribution in [0.2, 0.25) is 0 Å². The Balaban J connectivity index is 2.55. The molecule has 0 saturated carbocycles. The molecule has 1 aromatic heterocycles. The molecule has 0 aromatic carbocycles. The van der Waals surface area contributed by atoms with E-state index in [4.69, 9.17) is 5.73 Å². The molecule has 1 rings (SSSR count). The monoisotopic (exact) mass is 273 g/mol. The van der Waals surface area contributed by atoms with Gasteiger partial charge in [0, 0.05) is 4.88 Å². The van der Waals surface area contributed by atoms with Gasteiger partial charge in [-0.05, 0) is 31.8 Å². The van der Waals surface area contributed by atoms with E-state index in [0.717, 1.165) is 22.7 Å². The van der Waals surface area contributed by atoms with E-state index in [-0.39, 0.29) is 5.91 Å². The number of carbonyl (C=O) groups excluding carboxylic acids is 1. The number of nitrogens with one attached hydrogen (secondary N) is 1. The van der Waals surface area contributed by atoms with Crippen molar-refractivity contribution < 1.29 is 4.79 Å². The van der Waals surface area contributed by atoms with Crippen LogP contribution >= 0.6 is 23.1 Å². The van der Waals surface area contributed by atoms with Crippen LogP contribution in [-0.2, 0) is 11.2 Å².